The van der Waals surface area contributed by atoms with Crippen molar-refractivity contribution in [3.63, 3.8) is 0 Å². The summed E-state index contributed by atoms with van der Waals surface area (Å²) >= 11 is 0. The van der Waals surface area contributed by atoms with E-state index in [1.165, 1.54) is 6.07 Å². The van der Waals surface area contributed by atoms with Gasteiger partial charge in [0.05, 0.1) is 7.05 Å². The zero-order chi connectivity index (χ0) is 21.6. The third-order valence-corrected chi connectivity index (χ3v) is 5.53. The molecule has 0 bridgehead atoms. The summed E-state index contributed by atoms with van der Waals surface area (Å²) in [5.41, 5.74) is 0.664. The van der Waals surface area contributed by atoms with Gasteiger partial charge < -0.3 is 0 Å². The minimum atomic E-state index is -0.510. The van der Waals surface area contributed by atoms with Crippen LogP contribution in [0, 0.1) is 11.6 Å². The molecule has 0 saturated carbocycles. The molecule has 4 heteroatoms. The molecule has 3 rings (SSSR count). The third-order valence-electron chi connectivity index (χ3n) is 5.53. The Labute approximate surface area is 165 Å². The fraction of sp³-hybridized carbons (Fsp3) is 0.609. The molecular formula is C23H39F2N2+. The van der Waals surface area contributed by atoms with E-state index in [4.69, 9.17) is 0 Å². The van der Waals surface area contributed by atoms with E-state index >= 15 is 0 Å². The highest BCUT2D eigenvalue weighted by Crippen LogP contribution is 2.51. The summed E-state index contributed by atoms with van der Waals surface area (Å²) in [5.74, 6) is -0.210. The van der Waals surface area contributed by atoms with E-state index < -0.39 is 11.6 Å². The fourth-order valence-corrected chi connectivity index (χ4v) is 3.68. The summed E-state index contributed by atoms with van der Waals surface area (Å²) < 4.78 is 32.4. The molecule has 0 fully saturated rings. The first-order valence-electron chi connectivity index (χ1n) is 10.3. The van der Waals surface area contributed by atoms with Gasteiger partial charge >= 0.3 is 0 Å². The van der Waals surface area contributed by atoms with Gasteiger partial charge in [0.1, 0.15) is 35.1 Å². The molecule has 2 aromatic rings. The molecule has 0 N–H and O–H groups in total. The predicted octanol–water partition coefficient (Wildman–Crippen LogP) is 6.75. The number of hydrogen-bond acceptors (Lipinski definition) is 0. The molecule has 1 aliphatic heterocycles. The molecule has 0 radical (unpaired) electrons. The zero-order valence-corrected chi connectivity index (χ0v) is 19.2. The van der Waals surface area contributed by atoms with Gasteiger partial charge in [-0.3, -0.25) is 0 Å². The topological polar surface area (TPSA) is 8.81 Å². The smallest absolute Gasteiger partial charge is 0.233 e. The van der Waals surface area contributed by atoms with Crippen LogP contribution in [0.15, 0.2) is 24.5 Å². The maximum absolute atomic E-state index is 14.5. The Morgan fingerprint density at radius 3 is 1.96 bits per heavy atom. The number of fused-ring (bicyclic) bond motifs is 3. The lowest BCUT2D eigenvalue weighted by Crippen LogP contribution is -2.51. The average molecular weight is 382 g/mol. The summed E-state index contributed by atoms with van der Waals surface area (Å²) in [5, 5.41) is 0. The normalized spacial score (nSPS) is 18.4. The second kappa shape index (κ2) is 10.0. The van der Waals surface area contributed by atoms with Crippen molar-refractivity contribution in [2.24, 2.45) is 7.05 Å². The molecule has 1 aromatic carbocycles. The molecule has 0 aliphatic carbocycles. The highest BCUT2D eigenvalue weighted by molar-refractivity contribution is 5.65. The number of aryl methyl sites for hydroxylation is 1. The van der Waals surface area contributed by atoms with Crippen molar-refractivity contribution in [3.05, 3.63) is 41.7 Å². The lowest BCUT2D eigenvalue weighted by atomic mass is 9.63. The van der Waals surface area contributed by atoms with Crippen LogP contribution in [-0.2, 0) is 18.0 Å². The van der Waals surface area contributed by atoms with Gasteiger partial charge in [0.2, 0.25) is 0 Å². The van der Waals surface area contributed by atoms with E-state index in [0.29, 0.717) is 5.56 Å². The molecule has 154 valence electrons. The summed E-state index contributed by atoms with van der Waals surface area (Å²) in [4.78, 5) is 0. The monoisotopic (exact) mass is 381 g/mol. The first-order valence-corrected chi connectivity index (χ1v) is 10.3. The van der Waals surface area contributed by atoms with Gasteiger partial charge in [-0.1, -0.05) is 55.4 Å². The Kier molecular flexibility index (Phi) is 9.37. The summed E-state index contributed by atoms with van der Waals surface area (Å²) in [7, 11) is 1.89. The van der Waals surface area contributed by atoms with Crippen LogP contribution >= 0.6 is 0 Å². The van der Waals surface area contributed by atoms with Gasteiger partial charge in [-0.25, -0.2) is 17.9 Å². The number of nitrogens with zero attached hydrogens (tertiary/aromatic N) is 2. The van der Waals surface area contributed by atoms with Gasteiger partial charge in [0.25, 0.3) is 5.82 Å². The number of benzene rings is 1. The van der Waals surface area contributed by atoms with E-state index in [0.717, 1.165) is 23.9 Å². The van der Waals surface area contributed by atoms with Crippen LogP contribution in [0.2, 0.25) is 0 Å². The summed E-state index contributed by atoms with van der Waals surface area (Å²) in [6.45, 7) is 20.4. The van der Waals surface area contributed by atoms with E-state index in [1.54, 1.807) is 0 Å². The maximum atomic E-state index is 14.5. The number of halogens is 2. The van der Waals surface area contributed by atoms with Crippen LogP contribution in [0.5, 0.6) is 0 Å². The largest absolute Gasteiger partial charge is 0.292 e. The third kappa shape index (κ3) is 3.95. The molecule has 1 atom stereocenters. The number of hydrogen-bond donors (Lipinski definition) is 0. The van der Waals surface area contributed by atoms with Crippen LogP contribution in [-0.4, -0.2) is 4.57 Å². The van der Waals surface area contributed by atoms with Crippen molar-refractivity contribution < 1.29 is 13.3 Å². The zero-order valence-electron chi connectivity index (χ0n) is 19.2. The summed E-state index contributed by atoms with van der Waals surface area (Å²) in [6.07, 6.45) is 4.71. The number of aromatic nitrogens is 2. The molecule has 2 nitrogen and oxygen atoms in total. The molecule has 1 aliphatic rings. The van der Waals surface area contributed by atoms with Crippen molar-refractivity contribution in [1.82, 2.24) is 4.57 Å². The van der Waals surface area contributed by atoms with Crippen LogP contribution in [0.1, 0.15) is 81.2 Å². The molecular weight excluding hydrogens is 342 g/mol. The quantitative estimate of drug-likeness (QED) is 0.483. The fourth-order valence-electron chi connectivity index (χ4n) is 3.68. The van der Waals surface area contributed by atoms with E-state index in [2.05, 4.69) is 32.3 Å². The molecule has 2 heterocycles. The number of imidazole rings is 1. The van der Waals surface area contributed by atoms with Gasteiger partial charge in [0, 0.05) is 11.5 Å². The second-order valence-electron chi connectivity index (χ2n) is 6.66. The number of rotatable bonds is 1. The predicted molar refractivity (Wildman–Crippen MR) is 112 cm³/mol. The molecule has 0 spiro atoms. The van der Waals surface area contributed by atoms with Crippen molar-refractivity contribution >= 4 is 0 Å². The summed E-state index contributed by atoms with van der Waals surface area (Å²) in [6, 6.07) is 2.48. The minimum Gasteiger partial charge on any atom is -0.233 e. The molecule has 27 heavy (non-hydrogen) atoms. The Morgan fingerprint density at radius 2 is 1.48 bits per heavy atom. The molecule has 1 unspecified atom stereocenters. The Bertz CT molecular complexity index is 732. The van der Waals surface area contributed by atoms with E-state index in [1.807, 2.05) is 65.6 Å². The molecule has 0 amide bonds. The van der Waals surface area contributed by atoms with Gasteiger partial charge in [0.15, 0.2) is 0 Å². The lowest BCUT2D eigenvalue weighted by Gasteiger charge is -2.45. The van der Waals surface area contributed by atoms with Gasteiger partial charge in [-0.15, -0.1) is 0 Å². The molecule has 0 saturated heterocycles. The van der Waals surface area contributed by atoms with Crippen molar-refractivity contribution in [3.8, 4) is 11.4 Å². The SMILES string of the molecule is CC.CC.CC.CCC1(C)c2cc(F)cc(F)c2-c2n(cc[n+]2C)C1(C)C. The van der Waals surface area contributed by atoms with Crippen LogP contribution in [0.3, 0.4) is 0 Å². The Hall–Kier alpha value is -1.71. The first kappa shape index (κ1) is 25.3. The van der Waals surface area contributed by atoms with Crippen LogP contribution in [0.25, 0.3) is 11.4 Å². The van der Waals surface area contributed by atoms with E-state index in [-0.39, 0.29) is 11.0 Å². The van der Waals surface area contributed by atoms with Crippen LogP contribution in [0.4, 0.5) is 8.78 Å². The lowest BCUT2D eigenvalue weighted by molar-refractivity contribution is -0.660. The van der Waals surface area contributed by atoms with E-state index in [9.17, 15) is 8.78 Å². The first-order chi connectivity index (χ1) is 12.7. The Morgan fingerprint density at radius 1 is 0.963 bits per heavy atom. The maximum Gasteiger partial charge on any atom is 0.292 e. The second-order valence-corrected chi connectivity index (χ2v) is 6.66. The molecule has 1 aromatic heterocycles. The van der Waals surface area contributed by atoms with Gasteiger partial charge in [-0.05, 0) is 31.9 Å². The van der Waals surface area contributed by atoms with Gasteiger partial charge in [-0.2, -0.15) is 0 Å². The minimum absolute atomic E-state index is 0.272. The van der Waals surface area contributed by atoms with Crippen molar-refractivity contribution in [1.29, 1.82) is 0 Å². The average Bonchev–Trinajstić information content (AvgIpc) is 3.06. The van der Waals surface area contributed by atoms with Crippen LogP contribution < -0.4 is 4.57 Å². The van der Waals surface area contributed by atoms with Crippen molar-refractivity contribution in [2.75, 3.05) is 0 Å². The standard InChI is InChI=1S/C17H21F2N2.3C2H6/c1-6-17(4)12-9-11(18)10-13(19)14(12)15-20(5)7-8-21(15)16(17,2)3;3*1-2/h7-10H,6H2,1-5H3;3*1-2H3/q+1;;;. The highest BCUT2D eigenvalue weighted by atomic mass is 19.1. The Balaban J connectivity index is 0.00000103. The van der Waals surface area contributed by atoms with Crippen molar-refractivity contribution in [2.45, 2.75) is 86.6 Å². The highest BCUT2D eigenvalue weighted by Gasteiger charge is 2.54.